The number of nitrogens with zero attached hydrogens (tertiary/aromatic N) is 1. The topological polar surface area (TPSA) is 106 Å². The molecule has 9 heteroatoms. The number of carbonyl (C=O) groups excluding carboxylic acids is 2. The van der Waals surface area contributed by atoms with Gasteiger partial charge >= 0.3 is 0 Å². The molecule has 2 aromatic rings. The zero-order chi connectivity index (χ0) is 20.7. The molecule has 2 rings (SSSR count). The molecule has 2 amide bonds. The predicted octanol–water partition coefficient (Wildman–Crippen LogP) is 3.43. The second-order valence-electron chi connectivity index (χ2n) is 6.01. The molecule has 2 aromatic carbocycles. The first-order valence-electron chi connectivity index (χ1n) is 8.36. The normalized spacial score (nSPS) is 12.2. The molecule has 0 heterocycles. The Hall–Kier alpha value is -3.13. The van der Waals surface area contributed by atoms with Crippen molar-refractivity contribution in [3.8, 4) is 0 Å². The summed E-state index contributed by atoms with van der Waals surface area (Å²) in [7, 11) is 0. The van der Waals surface area contributed by atoms with Crippen LogP contribution < -0.4 is 16.4 Å². The quantitative estimate of drug-likeness (QED) is 0.372. The second-order valence-corrected chi connectivity index (χ2v) is 6.41. The van der Waals surface area contributed by atoms with Crippen LogP contribution >= 0.6 is 11.6 Å². The van der Waals surface area contributed by atoms with Gasteiger partial charge in [0.25, 0.3) is 5.91 Å². The van der Waals surface area contributed by atoms with Gasteiger partial charge in [0, 0.05) is 0 Å². The van der Waals surface area contributed by atoms with E-state index in [1.165, 1.54) is 19.1 Å². The highest BCUT2D eigenvalue weighted by Gasteiger charge is 2.17. The molecule has 0 aliphatic carbocycles. The van der Waals surface area contributed by atoms with Crippen molar-refractivity contribution in [2.75, 3.05) is 10.6 Å². The molecule has 0 aliphatic heterocycles. The fourth-order valence-corrected chi connectivity index (χ4v) is 2.29. The number of nitrogens with two attached hydrogens (primary N) is 1. The van der Waals surface area contributed by atoms with Gasteiger partial charge in [-0.05, 0) is 43.7 Å². The number of anilines is 2. The highest BCUT2D eigenvalue weighted by molar-refractivity contribution is 6.33. The zero-order valence-electron chi connectivity index (χ0n) is 15.3. The summed E-state index contributed by atoms with van der Waals surface area (Å²) in [5.41, 5.74) is 6.85. The van der Waals surface area contributed by atoms with Crippen molar-refractivity contribution in [1.82, 2.24) is 0 Å². The van der Waals surface area contributed by atoms with Crippen LogP contribution in [0.3, 0.4) is 0 Å². The smallest absolute Gasteiger partial charge is 0.268 e. The van der Waals surface area contributed by atoms with Gasteiger partial charge in [-0.3, -0.25) is 9.59 Å². The third-order valence-corrected chi connectivity index (χ3v) is 3.90. The van der Waals surface area contributed by atoms with Crippen LogP contribution in [0.15, 0.2) is 47.6 Å². The lowest BCUT2D eigenvalue weighted by atomic mass is 10.2. The molecular formula is C19H20ClFN4O3. The number of rotatable bonds is 7. The maximum atomic E-state index is 13.8. The molecule has 1 atom stereocenters. The summed E-state index contributed by atoms with van der Waals surface area (Å²) in [5, 5.41) is 8.94. The Morgan fingerprint density at radius 3 is 2.61 bits per heavy atom. The Balaban J connectivity index is 1.86. The summed E-state index contributed by atoms with van der Waals surface area (Å²) < 4.78 is 13.8. The largest absolute Gasteiger partial charge is 0.384 e. The Morgan fingerprint density at radius 1 is 1.21 bits per heavy atom. The minimum Gasteiger partial charge on any atom is -0.384 e. The average molecular weight is 407 g/mol. The van der Waals surface area contributed by atoms with Crippen LogP contribution in [0.5, 0.6) is 0 Å². The summed E-state index contributed by atoms with van der Waals surface area (Å²) in [6, 6.07) is 11.1. The molecule has 0 radical (unpaired) electrons. The van der Waals surface area contributed by atoms with Gasteiger partial charge < -0.3 is 21.2 Å². The minimum absolute atomic E-state index is 0.0297. The van der Waals surface area contributed by atoms with Crippen LogP contribution in [-0.4, -0.2) is 23.8 Å². The van der Waals surface area contributed by atoms with Crippen molar-refractivity contribution in [2.45, 2.75) is 26.4 Å². The summed E-state index contributed by atoms with van der Waals surface area (Å²) in [6.07, 6.45) is -1.31. The minimum atomic E-state index is -1.05. The molecule has 7 nitrogen and oxygen atoms in total. The van der Waals surface area contributed by atoms with Crippen molar-refractivity contribution < 1.29 is 18.8 Å². The average Bonchev–Trinajstić information content (AvgIpc) is 2.63. The number of hydrogen-bond acceptors (Lipinski definition) is 4. The Morgan fingerprint density at radius 2 is 1.93 bits per heavy atom. The van der Waals surface area contributed by atoms with Crippen LogP contribution in [0.2, 0.25) is 5.02 Å². The summed E-state index contributed by atoms with van der Waals surface area (Å²) >= 11 is 5.96. The molecule has 4 N–H and O–H groups in total. The molecular weight excluding hydrogens is 387 g/mol. The van der Waals surface area contributed by atoms with Crippen LogP contribution in [0.1, 0.15) is 18.9 Å². The number of amidine groups is 1. The molecule has 0 aromatic heterocycles. The Labute approximate surface area is 166 Å². The number of oxime groups is 1. The highest BCUT2D eigenvalue weighted by atomic mass is 35.5. The molecule has 148 valence electrons. The lowest BCUT2D eigenvalue weighted by Gasteiger charge is -2.12. The van der Waals surface area contributed by atoms with Crippen molar-refractivity contribution >= 4 is 40.6 Å². The number of para-hydroxylation sites is 1. The molecule has 0 aliphatic rings. The van der Waals surface area contributed by atoms with E-state index in [1.54, 1.807) is 37.3 Å². The van der Waals surface area contributed by atoms with Gasteiger partial charge in [-0.15, -0.1) is 0 Å². The van der Waals surface area contributed by atoms with Crippen LogP contribution in [-0.2, 0) is 14.4 Å². The van der Waals surface area contributed by atoms with Crippen molar-refractivity contribution in [1.29, 1.82) is 0 Å². The van der Waals surface area contributed by atoms with Gasteiger partial charge in [-0.2, -0.15) is 0 Å². The third kappa shape index (κ3) is 6.24. The van der Waals surface area contributed by atoms with E-state index >= 15 is 0 Å². The van der Waals surface area contributed by atoms with Crippen molar-refractivity contribution in [2.24, 2.45) is 10.9 Å². The summed E-state index contributed by atoms with van der Waals surface area (Å²) in [4.78, 5) is 29.0. The number of nitrogens with one attached hydrogen (secondary N) is 2. The molecule has 0 spiro atoms. The first-order valence-corrected chi connectivity index (χ1v) is 8.73. The second kappa shape index (κ2) is 9.70. The number of carbonyl (C=O) groups is 2. The molecule has 1 unspecified atom stereocenters. The van der Waals surface area contributed by atoms with Gasteiger partial charge in [-0.1, -0.05) is 35.0 Å². The number of aryl methyl sites for hydroxylation is 1. The summed E-state index contributed by atoms with van der Waals surface area (Å²) in [5.74, 6) is -1.75. The number of halogens is 2. The van der Waals surface area contributed by atoms with Crippen LogP contribution in [0.4, 0.5) is 15.8 Å². The highest BCUT2D eigenvalue weighted by Crippen LogP contribution is 2.20. The molecule has 0 bridgehead atoms. The molecule has 0 saturated heterocycles. The lowest BCUT2D eigenvalue weighted by Crippen LogP contribution is -2.28. The maximum Gasteiger partial charge on any atom is 0.268 e. The maximum absolute atomic E-state index is 13.8. The third-order valence-electron chi connectivity index (χ3n) is 3.57. The van der Waals surface area contributed by atoms with Crippen LogP contribution in [0, 0.1) is 12.7 Å². The predicted molar refractivity (Wildman–Crippen MR) is 107 cm³/mol. The Kier molecular flexibility index (Phi) is 7.34. The van der Waals surface area contributed by atoms with E-state index in [1.807, 2.05) is 0 Å². The first kappa shape index (κ1) is 21.2. The standard InChI is InChI=1S/C19H20ClFN4O3/c1-11-7-8-16(14(21)9-11)24-19(27)12(2)28-25-17(22)10-18(26)23-15-6-4-3-5-13(15)20/h3-9,12H,10H2,1-2H3,(H2,22,25)(H,23,26)(H,24,27). The van der Waals surface area contributed by atoms with Gasteiger partial charge in [0.1, 0.15) is 11.7 Å². The zero-order valence-corrected chi connectivity index (χ0v) is 16.1. The molecule has 0 saturated carbocycles. The molecule has 28 heavy (non-hydrogen) atoms. The first-order chi connectivity index (χ1) is 13.3. The van der Waals surface area contributed by atoms with Crippen molar-refractivity contribution in [3.05, 3.63) is 58.9 Å². The van der Waals surface area contributed by atoms with Gasteiger partial charge in [0.15, 0.2) is 0 Å². The van der Waals surface area contributed by atoms with E-state index < -0.39 is 23.7 Å². The van der Waals surface area contributed by atoms with E-state index in [4.69, 9.17) is 22.2 Å². The van der Waals surface area contributed by atoms with Crippen LogP contribution in [0.25, 0.3) is 0 Å². The van der Waals surface area contributed by atoms with E-state index in [9.17, 15) is 14.0 Å². The monoisotopic (exact) mass is 406 g/mol. The van der Waals surface area contributed by atoms with E-state index in [0.29, 0.717) is 10.7 Å². The Bertz CT molecular complexity index is 904. The summed E-state index contributed by atoms with van der Waals surface area (Å²) in [6.45, 7) is 3.15. The lowest BCUT2D eigenvalue weighted by molar-refractivity contribution is -0.126. The van der Waals surface area contributed by atoms with E-state index in [-0.39, 0.29) is 17.9 Å². The fourth-order valence-electron chi connectivity index (χ4n) is 2.10. The number of amides is 2. The fraction of sp³-hybridized carbons (Fsp3) is 0.211. The van der Waals surface area contributed by atoms with Gasteiger partial charge in [-0.25, -0.2) is 4.39 Å². The van der Waals surface area contributed by atoms with Gasteiger partial charge in [0.05, 0.1) is 22.8 Å². The molecule has 0 fully saturated rings. The SMILES string of the molecule is Cc1ccc(NC(=O)C(C)O/N=C(/N)CC(=O)Nc2ccccc2Cl)c(F)c1. The van der Waals surface area contributed by atoms with E-state index in [2.05, 4.69) is 15.8 Å². The number of benzene rings is 2. The van der Waals surface area contributed by atoms with Crippen molar-refractivity contribution in [3.63, 3.8) is 0 Å². The van der Waals surface area contributed by atoms with Gasteiger partial charge in [0.2, 0.25) is 12.0 Å². The number of hydrogen-bond donors (Lipinski definition) is 3. The van der Waals surface area contributed by atoms with E-state index in [0.717, 1.165) is 5.56 Å².